The first-order chi connectivity index (χ1) is 11.9. The maximum Gasteiger partial charge on any atom is 0.237 e. The molecular formula is C20H28N2O3S. The molecule has 5 nitrogen and oxygen atoms in total. The lowest BCUT2D eigenvalue weighted by Crippen LogP contribution is -2.33. The van der Waals surface area contributed by atoms with Crippen molar-refractivity contribution in [1.29, 1.82) is 0 Å². The number of nitrogens with one attached hydrogen (secondary N) is 2. The molecule has 142 valence electrons. The highest BCUT2D eigenvalue weighted by molar-refractivity contribution is 7.94. The van der Waals surface area contributed by atoms with E-state index in [9.17, 15) is 13.5 Å². The van der Waals surface area contributed by atoms with E-state index in [0.717, 1.165) is 16.8 Å². The first kappa shape index (κ1) is 20.3. The monoisotopic (exact) mass is 376 g/mol. The lowest BCUT2D eigenvalue weighted by molar-refractivity contribution is 0.0786. The Morgan fingerprint density at radius 1 is 0.846 bits per heavy atom. The molecule has 2 aromatic carbocycles. The molecule has 0 spiro atoms. The van der Waals surface area contributed by atoms with Crippen LogP contribution in [-0.2, 0) is 22.2 Å². The van der Waals surface area contributed by atoms with Gasteiger partial charge in [-0.3, -0.25) is 4.72 Å². The zero-order valence-corrected chi connectivity index (χ0v) is 16.8. The maximum atomic E-state index is 12.2. The second-order valence-electron chi connectivity index (χ2n) is 7.90. The van der Waals surface area contributed by atoms with Crippen LogP contribution in [0.5, 0.6) is 0 Å². The molecule has 0 saturated carbocycles. The third-order valence-corrected chi connectivity index (χ3v) is 6.22. The molecule has 0 atom stereocenters. The topological polar surface area (TPSA) is 78.4 Å². The van der Waals surface area contributed by atoms with Crippen LogP contribution in [0.2, 0.25) is 0 Å². The number of rotatable bonds is 6. The van der Waals surface area contributed by atoms with E-state index in [0.29, 0.717) is 12.2 Å². The van der Waals surface area contributed by atoms with E-state index in [2.05, 4.69) is 10.0 Å². The number of sulfonamides is 1. The van der Waals surface area contributed by atoms with Crippen LogP contribution in [-0.4, -0.2) is 18.3 Å². The van der Waals surface area contributed by atoms with Gasteiger partial charge in [0.05, 0.1) is 10.3 Å². The minimum Gasteiger partial charge on any atom is -0.386 e. The van der Waals surface area contributed by atoms with E-state index < -0.39 is 20.4 Å². The van der Waals surface area contributed by atoms with Crippen molar-refractivity contribution in [2.45, 2.75) is 51.5 Å². The van der Waals surface area contributed by atoms with Gasteiger partial charge in [0.2, 0.25) is 10.0 Å². The molecule has 0 aliphatic heterocycles. The van der Waals surface area contributed by atoms with Crippen molar-refractivity contribution in [2.24, 2.45) is 0 Å². The van der Waals surface area contributed by atoms with Crippen LogP contribution >= 0.6 is 0 Å². The summed E-state index contributed by atoms with van der Waals surface area (Å²) < 4.78 is 26.1. The highest BCUT2D eigenvalue weighted by Gasteiger charge is 2.28. The molecule has 0 aliphatic rings. The van der Waals surface area contributed by atoms with E-state index in [1.165, 1.54) is 0 Å². The number of aliphatic hydroxyl groups is 1. The molecule has 0 saturated heterocycles. The van der Waals surface area contributed by atoms with Crippen LogP contribution in [0.1, 0.15) is 45.7 Å². The van der Waals surface area contributed by atoms with Crippen molar-refractivity contribution >= 4 is 21.4 Å². The Morgan fingerprint density at radius 2 is 1.35 bits per heavy atom. The number of hydrogen-bond acceptors (Lipinski definition) is 4. The van der Waals surface area contributed by atoms with Gasteiger partial charge >= 0.3 is 0 Å². The summed E-state index contributed by atoms with van der Waals surface area (Å²) in [6.07, 6.45) is 0. The summed E-state index contributed by atoms with van der Waals surface area (Å²) in [4.78, 5) is 0. The molecule has 0 radical (unpaired) electrons. The van der Waals surface area contributed by atoms with E-state index >= 15 is 0 Å². The molecule has 0 bridgehead atoms. The van der Waals surface area contributed by atoms with Gasteiger partial charge in [-0.25, -0.2) is 8.42 Å². The molecule has 0 aliphatic carbocycles. The average molecular weight is 377 g/mol. The van der Waals surface area contributed by atoms with Crippen molar-refractivity contribution in [3.63, 3.8) is 0 Å². The van der Waals surface area contributed by atoms with Gasteiger partial charge < -0.3 is 10.4 Å². The molecule has 6 heteroatoms. The SMILES string of the molecule is CC(C)(O)c1ccc(NCc2ccc(NS(=O)(=O)C(C)(C)C)cc2)cc1. The lowest BCUT2D eigenvalue weighted by Gasteiger charge is -2.20. The Morgan fingerprint density at radius 3 is 1.81 bits per heavy atom. The summed E-state index contributed by atoms with van der Waals surface area (Å²) in [5.74, 6) is 0. The molecule has 2 aromatic rings. The van der Waals surface area contributed by atoms with Crippen molar-refractivity contribution in [1.82, 2.24) is 0 Å². The Labute approximate surface area is 156 Å². The van der Waals surface area contributed by atoms with E-state index in [4.69, 9.17) is 0 Å². The third-order valence-electron chi connectivity index (χ3n) is 4.10. The number of hydrogen-bond donors (Lipinski definition) is 3. The highest BCUT2D eigenvalue weighted by Crippen LogP contribution is 2.22. The van der Waals surface area contributed by atoms with Gasteiger partial charge in [-0.05, 0) is 70.0 Å². The van der Waals surface area contributed by atoms with Crippen LogP contribution < -0.4 is 10.0 Å². The fourth-order valence-corrected chi connectivity index (χ4v) is 2.95. The molecule has 0 fully saturated rings. The summed E-state index contributed by atoms with van der Waals surface area (Å²) >= 11 is 0. The second-order valence-corrected chi connectivity index (χ2v) is 10.3. The Kier molecular flexibility index (Phi) is 5.68. The second kappa shape index (κ2) is 7.29. The van der Waals surface area contributed by atoms with Gasteiger partial charge in [0.25, 0.3) is 0 Å². The largest absolute Gasteiger partial charge is 0.386 e. The molecule has 2 rings (SSSR count). The predicted molar refractivity (Wildman–Crippen MR) is 108 cm³/mol. The lowest BCUT2D eigenvalue weighted by atomic mass is 9.98. The fourth-order valence-electron chi connectivity index (χ4n) is 2.20. The number of benzene rings is 2. The average Bonchev–Trinajstić information content (AvgIpc) is 2.52. The normalized spacial score (nSPS) is 12.7. The van der Waals surface area contributed by atoms with Crippen molar-refractivity contribution in [3.8, 4) is 0 Å². The van der Waals surface area contributed by atoms with Gasteiger partial charge in [-0.2, -0.15) is 0 Å². The summed E-state index contributed by atoms with van der Waals surface area (Å²) in [6, 6.07) is 14.9. The van der Waals surface area contributed by atoms with Crippen LogP contribution in [0.15, 0.2) is 48.5 Å². The molecule has 0 unspecified atom stereocenters. The molecule has 0 aromatic heterocycles. The molecular weight excluding hydrogens is 348 g/mol. The molecule has 26 heavy (non-hydrogen) atoms. The van der Waals surface area contributed by atoms with Crippen molar-refractivity contribution in [3.05, 3.63) is 59.7 Å². The number of anilines is 2. The summed E-state index contributed by atoms with van der Waals surface area (Å²) in [5.41, 5.74) is 2.55. The zero-order chi connectivity index (χ0) is 19.6. The van der Waals surface area contributed by atoms with Crippen LogP contribution in [0.25, 0.3) is 0 Å². The van der Waals surface area contributed by atoms with E-state index in [-0.39, 0.29) is 0 Å². The smallest absolute Gasteiger partial charge is 0.237 e. The Bertz CT molecular complexity index is 829. The van der Waals surface area contributed by atoms with Gasteiger partial charge in [0, 0.05) is 17.9 Å². The Balaban J connectivity index is 1.98. The van der Waals surface area contributed by atoms with Gasteiger partial charge in [-0.1, -0.05) is 24.3 Å². The van der Waals surface area contributed by atoms with E-state index in [1.807, 2.05) is 36.4 Å². The summed E-state index contributed by atoms with van der Waals surface area (Å²) in [5, 5.41) is 13.3. The minimum atomic E-state index is -3.42. The van der Waals surface area contributed by atoms with Crippen LogP contribution in [0.4, 0.5) is 11.4 Å². The molecule has 0 heterocycles. The minimum absolute atomic E-state index is 0.554. The van der Waals surface area contributed by atoms with Gasteiger partial charge in [0.15, 0.2) is 0 Å². The standard InChI is InChI=1S/C20H28N2O3S/c1-19(2,3)26(24,25)22-18-10-6-15(7-11-18)14-21-17-12-8-16(9-13-17)20(4,5)23/h6-13,21-23H,14H2,1-5H3. The van der Waals surface area contributed by atoms with Crippen molar-refractivity contribution < 1.29 is 13.5 Å². The van der Waals surface area contributed by atoms with Crippen LogP contribution in [0, 0.1) is 0 Å². The highest BCUT2D eigenvalue weighted by atomic mass is 32.2. The van der Waals surface area contributed by atoms with Gasteiger partial charge in [0.1, 0.15) is 0 Å². The first-order valence-electron chi connectivity index (χ1n) is 8.57. The summed E-state index contributed by atoms with van der Waals surface area (Å²) in [6.45, 7) is 9.12. The Hall–Kier alpha value is -2.05. The van der Waals surface area contributed by atoms with Crippen molar-refractivity contribution in [2.75, 3.05) is 10.0 Å². The summed E-state index contributed by atoms with van der Waals surface area (Å²) in [7, 11) is -3.42. The first-order valence-corrected chi connectivity index (χ1v) is 10.0. The fraction of sp³-hybridized carbons (Fsp3) is 0.400. The van der Waals surface area contributed by atoms with Gasteiger partial charge in [-0.15, -0.1) is 0 Å². The van der Waals surface area contributed by atoms with E-state index in [1.54, 1.807) is 46.8 Å². The maximum absolute atomic E-state index is 12.2. The molecule has 3 N–H and O–H groups in total. The third kappa shape index (κ3) is 5.22. The predicted octanol–water partition coefficient (Wildman–Crippen LogP) is 4.07. The quantitative estimate of drug-likeness (QED) is 0.710. The van der Waals surface area contributed by atoms with Crippen LogP contribution in [0.3, 0.4) is 0 Å². The zero-order valence-electron chi connectivity index (χ0n) is 16.0. The molecule has 0 amide bonds.